The molecule has 0 aliphatic carbocycles. The maximum absolute atomic E-state index is 5.16. The highest BCUT2D eigenvalue weighted by molar-refractivity contribution is 7.71. The Labute approximate surface area is 118 Å². The molecule has 2 aromatic rings. The van der Waals surface area contributed by atoms with Gasteiger partial charge in [0.05, 0.1) is 5.52 Å². The quantitative estimate of drug-likeness (QED) is 0.796. The van der Waals surface area contributed by atoms with Crippen molar-refractivity contribution in [3.63, 3.8) is 0 Å². The standard InChI is InChI=1S/C14H20N4S/c1-3-18(4-2)10-9-15-13-11-7-5-6-8-12(11)16-14(19)17-13/h5-8H,3-4,9-10H2,1-2H3,(H2,15,16,17,19). The molecule has 0 saturated heterocycles. The number of likely N-dealkylation sites (N-methyl/N-ethyl adjacent to an activating group) is 1. The molecule has 2 rings (SSSR count). The van der Waals surface area contributed by atoms with Crippen LogP contribution in [0.5, 0.6) is 0 Å². The van der Waals surface area contributed by atoms with Crippen LogP contribution in [0.1, 0.15) is 13.8 Å². The molecule has 1 aromatic heterocycles. The molecule has 0 fully saturated rings. The number of para-hydroxylation sites is 1. The zero-order valence-corrected chi connectivity index (χ0v) is 12.3. The van der Waals surface area contributed by atoms with Gasteiger partial charge in [-0.15, -0.1) is 0 Å². The van der Waals surface area contributed by atoms with Crippen molar-refractivity contribution >= 4 is 28.9 Å². The molecule has 0 aliphatic rings. The molecule has 1 heterocycles. The number of rotatable bonds is 6. The van der Waals surface area contributed by atoms with Crippen molar-refractivity contribution in [2.75, 3.05) is 31.5 Å². The summed E-state index contributed by atoms with van der Waals surface area (Å²) in [5, 5.41) is 4.47. The number of aromatic amines is 1. The molecule has 0 amide bonds. The fourth-order valence-corrected chi connectivity index (χ4v) is 2.31. The summed E-state index contributed by atoms with van der Waals surface area (Å²) in [4.78, 5) is 9.86. The minimum Gasteiger partial charge on any atom is -0.368 e. The molecule has 0 unspecified atom stereocenters. The van der Waals surface area contributed by atoms with Crippen LogP contribution in [0.4, 0.5) is 5.82 Å². The summed E-state index contributed by atoms with van der Waals surface area (Å²) in [6.45, 7) is 8.38. The van der Waals surface area contributed by atoms with Gasteiger partial charge >= 0.3 is 0 Å². The zero-order valence-electron chi connectivity index (χ0n) is 11.4. The van der Waals surface area contributed by atoms with E-state index in [2.05, 4.69) is 34.0 Å². The monoisotopic (exact) mass is 276 g/mol. The Morgan fingerprint density at radius 1 is 1.26 bits per heavy atom. The Hall–Kier alpha value is -1.46. The van der Waals surface area contributed by atoms with Gasteiger partial charge in [0.25, 0.3) is 0 Å². The van der Waals surface area contributed by atoms with Crippen molar-refractivity contribution in [1.82, 2.24) is 14.9 Å². The number of hydrogen-bond donors (Lipinski definition) is 2. The molecule has 102 valence electrons. The Balaban J connectivity index is 2.14. The van der Waals surface area contributed by atoms with E-state index in [4.69, 9.17) is 12.2 Å². The summed E-state index contributed by atoms with van der Waals surface area (Å²) in [5.41, 5.74) is 1.02. The van der Waals surface area contributed by atoms with E-state index in [1.807, 2.05) is 24.3 Å². The van der Waals surface area contributed by atoms with Crippen molar-refractivity contribution in [2.45, 2.75) is 13.8 Å². The largest absolute Gasteiger partial charge is 0.368 e. The highest BCUT2D eigenvalue weighted by atomic mass is 32.1. The van der Waals surface area contributed by atoms with E-state index in [1.54, 1.807) is 0 Å². The Bertz CT molecular complexity index is 589. The second kappa shape index (κ2) is 6.63. The van der Waals surface area contributed by atoms with Crippen molar-refractivity contribution in [1.29, 1.82) is 0 Å². The normalized spacial score (nSPS) is 11.1. The number of hydrogen-bond acceptors (Lipinski definition) is 4. The number of benzene rings is 1. The van der Waals surface area contributed by atoms with Crippen LogP contribution < -0.4 is 5.32 Å². The summed E-state index contributed by atoms with van der Waals surface area (Å²) in [5.74, 6) is 0.867. The number of nitrogens with one attached hydrogen (secondary N) is 2. The molecule has 0 radical (unpaired) electrons. The fraction of sp³-hybridized carbons (Fsp3) is 0.429. The number of nitrogens with zero attached hydrogens (tertiary/aromatic N) is 2. The van der Waals surface area contributed by atoms with Gasteiger partial charge in [0, 0.05) is 18.5 Å². The lowest BCUT2D eigenvalue weighted by Crippen LogP contribution is -2.28. The van der Waals surface area contributed by atoms with Crippen molar-refractivity contribution in [3.8, 4) is 0 Å². The number of fused-ring (bicyclic) bond motifs is 1. The third-order valence-electron chi connectivity index (χ3n) is 3.25. The van der Waals surface area contributed by atoms with Crippen LogP contribution in [0.3, 0.4) is 0 Å². The summed E-state index contributed by atoms with van der Waals surface area (Å²) >= 11 is 5.16. The van der Waals surface area contributed by atoms with E-state index >= 15 is 0 Å². The summed E-state index contributed by atoms with van der Waals surface area (Å²) < 4.78 is 0.518. The fourth-order valence-electron chi connectivity index (χ4n) is 2.11. The molecule has 4 nitrogen and oxygen atoms in total. The predicted molar refractivity (Wildman–Crippen MR) is 83.2 cm³/mol. The molecule has 0 atom stereocenters. The second-order valence-electron chi connectivity index (χ2n) is 4.39. The molecule has 1 aromatic carbocycles. The van der Waals surface area contributed by atoms with Gasteiger partial charge in [-0.1, -0.05) is 26.0 Å². The predicted octanol–water partition coefficient (Wildman–Crippen LogP) is 3.05. The maximum Gasteiger partial charge on any atom is 0.199 e. The van der Waals surface area contributed by atoms with Gasteiger partial charge < -0.3 is 15.2 Å². The van der Waals surface area contributed by atoms with Crippen LogP contribution in [0.2, 0.25) is 0 Å². The average Bonchev–Trinajstić information content (AvgIpc) is 2.43. The van der Waals surface area contributed by atoms with Gasteiger partial charge in [-0.05, 0) is 37.4 Å². The average molecular weight is 276 g/mol. The molecule has 0 spiro atoms. The molecule has 5 heteroatoms. The Morgan fingerprint density at radius 2 is 2.00 bits per heavy atom. The van der Waals surface area contributed by atoms with Crippen LogP contribution in [-0.4, -0.2) is 41.0 Å². The van der Waals surface area contributed by atoms with E-state index in [-0.39, 0.29) is 0 Å². The maximum atomic E-state index is 5.16. The second-order valence-corrected chi connectivity index (χ2v) is 4.78. The molecular weight excluding hydrogens is 256 g/mol. The molecule has 0 bridgehead atoms. The minimum absolute atomic E-state index is 0.518. The smallest absolute Gasteiger partial charge is 0.199 e. The number of H-pyrrole nitrogens is 1. The molecular formula is C14H20N4S. The summed E-state index contributed by atoms with van der Waals surface area (Å²) in [6, 6.07) is 8.07. The van der Waals surface area contributed by atoms with Gasteiger partial charge in [0.2, 0.25) is 0 Å². The van der Waals surface area contributed by atoms with E-state index in [0.717, 1.165) is 42.9 Å². The molecule has 2 N–H and O–H groups in total. The van der Waals surface area contributed by atoms with Crippen molar-refractivity contribution < 1.29 is 0 Å². The molecule has 19 heavy (non-hydrogen) atoms. The first-order valence-corrected chi connectivity index (χ1v) is 7.10. The lowest BCUT2D eigenvalue weighted by molar-refractivity contribution is 0.316. The van der Waals surface area contributed by atoms with Crippen LogP contribution in [0.15, 0.2) is 24.3 Å². The summed E-state index contributed by atoms with van der Waals surface area (Å²) in [6.07, 6.45) is 0. The summed E-state index contributed by atoms with van der Waals surface area (Å²) in [7, 11) is 0. The Kier molecular flexibility index (Phi) is 4.87. The van der Waals surface area contributed by atoms with E-state index < -0.39 is 0 Å². The third kappa shape index (κ3) is 3.52. The van der Waals surface area contributed by atoms with Gasteiger partial charge in [0.15, 0.2) is 4.77 Å². The molecule has 0 saturated carbocycles. The lowest BCUT2D eigenvalue weighted by atomic mass is 10.2. The van der Waals surface area contributed by atoms with Crippen molar-refractivity contribution in [2.24, 2.45) is 0 Å². The van der Waals surface area contributed by atoms with Gasteiger partial charge in [-0.2, -0.15) is 0 Å². The number of aromatic nitrogens is 2. The van der Waals surface area contributed by atoms with Crippen LogP contribution in [0, 0.1) is 4.77 Å². The minimum atomic E-state index is 0.518. The molecule has 0 aliphatic heterocycles. The zero-order chi connectivity index (χ0) is 13.7. The third-order valence-corrected chi connectivity index (χ3v) is 3.45. The topological polar surface area (TPSA) is 44.0 Å². The first-order valence-electron chi connectivity index (χ1n) is 6.70. The highest BCUT2D eigenvalue weighted by Gasteiger charge is 2.03. The van der Waals surface area contributed by atoms with E-state index in [0.29, 0.717) is 4.77 Å². The van der Waals surface area contributed by atoms with Crippen LogP contribution in [-0.2, 0) is 0 Å². The van der Waals surface area contributed by atoms with Crippen molar-refractivity contribution in [3.05, 3.63) is 29.0 Å². The Morgan fingerprint density at radius 3 is 2.74 bits per heavy atom. The van der Waals surface area contributed by atoms with E-state index in [1.165, 1.54) is 0 Å². The first kappa shape index (κ1) is 14.0. The highest BCUT2D eigenvalue weighted by Crippen LogP contribution is 2.18. The van der Waals surface area contributed by atoms with Gasteiger partial charge in [-0.25, -0.2) is 4.98 Å². The number of anilines is 1. The first-order chi connectivity index (χ1) is 9.24. The van der Waals surface area contributed by atoms with E-state index in [9.17, 15) is 0 Å². The van der Waals surface area contributed by atoms with Crippen LogP contribution in [0.25, 0.3) is 10.9 Å². The van der Waals surface area contributed by atoms with Gasteiger partial charge in [0.1, 0.15) is 5.82 Å². The van der Waals surface area contributed by atoms with Gasteiger partial charge in [-0.3, -0.25) is 0 Å². The SMILES string of the molecule is CCN(CC)CCNc1nc(=S)[nH]c2ccccc12. The lowest BCUT2D eigenvalue weighted by Gasteiger charge is -2.18. The van der Waals surface area contributed by atoms with Crippen LogP contribution >= 0.6 is 12.2 Å².